The molecule has 0 aromatic carbocycles. The summed E-state index contributed by atoms with van der Waals surface area (Å²) in [6, 6.07) is 0. The topological polar surface area (TPSA) is 323 Å². The molecule has 0 aliphatic carbocycles. The van der Waals surface area contributed by atoms with Crippen molar-refractivity contribution in [2.24, 2.45) is 0 Å². The molecule has 0 saturated heterocycles. The Labute approximate surface area is 204 Å². The number of aliphatic hydroxyl groups is 12. The SMILES string of the molecule is O=C([O-])[C@H](O)[C@@H](O)[C@H](O)[C@H](O)C(O)CO.O=C([O-])[C@H](O)[C@@H](O)[C@H](O)[C@H](O)C(O)CO.[Ca]. The van der Waals surface area contributed by atoms with Crippen LogP contribution in [0.2, 0.25) is 0 Å². The number of hydrogen-bond donors (Lipinski definition) is 12. The summed E-state index contributed by atoms with van der Waals surface area (Å²) in [6.07, 6.45) is -21.0. The van der Waals surface area contributed by atoms with E-state index in [2.05, 4.69) is 0 Å². The Hall–Kier alpha value is -0.280. The first-order valence-electron chi connectivity index (χ1n) is 8.09. The van der Waals surface area contributed by atoms with Crippen molar-refractivity contribution in [2.45, 2.75) is 61.0 Å². The van der Waals surface area contributed by atoms with Gasteiger partial charge in [0, 0.05) is 37.7 Å². The second kappa shape index (κ2) is 17.2. The molecule has 10 atom stereocenters. The van der Waals surface area contributed by atoms with E-state index in [-0.39, 0.29) is 37.7 Å². The van der Waals surface area contributed by atoms with Gasteiger partial charge in [-0.2, -0.15) is 0 Å². The molecule has 0 aliphatic heterocycles. The van der Waals surface area contributed by atoms with E-state index in [1.54, 1.807) is 0 Å². The van der Waals surface area contributed by atoms with Gasteiger partial charge in [0.2, 0.25) is 0 Å². The van der Waals surface area contributed by atoms with Crippen LogP contribution in [0.1, 0.15) is 0 Å². The van der Waals surface area contributed by atoms with E-state index in [4.69, 9.17) is 61.3 Å². The van der Waals surface area contributed by atoms with Gasteiger partial charge in [-0.05, 0) is 0 Å². The number of carboxylic acid groups (broad SMARTS) is 2. The van der Waals surface area contributed by atoms with Crippen LogP contribution < -0.4 is 10.2 Å². The molecule has 0 amide bonds. The third-order valence-electron chi connectivity index (χ3n) is 3.69. The maximum atomic E-state index is 10.1. The zero-order valence-electron chi connectivity index (χ0n) is 15.9. The predicted octanol–water partition coefficient (Wildman–Crippen LogP) is -11.3. The van der Waals surface area contributed by atoms with Crippen molar-refractivity contribution < 1.29 is 81.1 Å². The molecule has 0 bridgehead atoms. The van der Waals surface area contributed by atoms with Gasteiger partial charge >= 0.3 is 0 Å². The monoisotopic (exact) mass is 490 g/mol. The molecule has 17 heteroatoms. The molecule has 182 valence electrons. The number of rotatable bonds is 12. The van der Waals surface area contributed by atoms with Crippen LogP contribution in [0.25, 0.3) is 0 Å². The summed E-state index contributed by atoms with van der Waals surface area (Å²) in [6.45, 7) is -1.79. The van der Waals surface area contributed by atoms with E-state index in [9.17, 15) is 19.8 Å². The van der Waals surface area contributed by atoms with Crippen LogP contribution in [0.15, 0.2) is 0 Å². The zero-order valence-corrected chi connectivity index (χ0v) is 18.1. The molecule has 12 N–H and O–H groups in total. The summed E-state index contributed by atoms with van der Waals surface area (Å²) in [4.78, 5) is 20.2. The number of carboxylic acids is 2. The Morgan fingerprint density at radius 2 is 0.742 bits per heavy atom. The first-order valence-corrected chi connectivity index (χ1v) is 8.09. The molecule has 31 heavy (non-hydrogen) atoms. The number of aliphatic hydroxyl groups excluding tert-OH is 12. The van der Waals surface area contributed by atoms with Gasteiger partial charge in [0.05, 0.1) is 25.2 Å². The van der Waals surface area contributed by atoms with Crippen LogP contribution in [-0.4, -0.2) is 185 Å². The first-order chi connectivity index (χ1) is 13.6. The standard InChI is InChI=1S/2C7H14O8.Ca/c2*8-1-2(9)3(10)4(11)5(12)6(13)7(14)15;/h2*2-6,8-13H,1H2,(H,14,15);/p-2/t2*2?,3-,4-,5+,6-;/m11./s1. The molecule has 0 saturated carbocycles. The molecule has 2 radical (unpaired) electrons. The van der Waals surface area contributed by atoms with Crippen molar-refractivity contribution in [1.82, 2.24) is 0 Å². The van der Waals surface area contributed by atoms with Gasteiger partial charge in [-0.1, -0.05) is 0 Å². The fraction of sp³-hybridized carbons (Fsp3) is 0.857. The number of carbonyl (C=O) groups excluding carboxylic acids is 2. The fourth-order valence-corrected chi connectivity index (χ4v) is 1.73. The number of hydrogen-bond acceptors (Lipinski definition) is 16. The zero-order chi connectivity index (χ0) is 24.3. The molecule has 0 aliphatic rings. The molecule has 0 aromatic rings. The molecule has 0 rings (SSSR count). The minimum Gasteiger partial charge on any atom is -0.547 e. The van der Waals surface area contributed by atoms with Crippen molar-refractivity contribution in [3.63, 3.8) is 0 Å². The second-order valence-electron chi connectivity index (χ2n) is 5.97. The molecule has 0 fully saturated rings. The van der Waals surface area contributed by atoms with E-state index < -0.39 is 86.2 Å². The van der Waals surface area contributed by atoms with Gasteiger partial charge in [0.15, 0.2) is 0 Å². The van der Waals surface area contributed by atoms with Crippen LogP contribution >= 0.6 is 0 Å². The van der Waals surface area contributed by atoms with Crippen LogP contribution in [0.4, 0.5) is 0 Å². The average molecular weight is 490 g/mol. The third kappa shape index (κ3) is 11.9. The Morgan fingerprint density at radius 3 is 0.903 bits per heavy atom. The minimum absolute atomic E-state index is 0. The van der Waals surface area contributed by atoms with E-state index >= 15 is 0 Å². The molecule has 0 heterocycles. The Balaban J connectivity index is -0.000000490. The maximum absolute atomic E-state index is 10.1. The molecule has 2 unspecified atom stereocenters. The minimum atomic E-state index is -2.40. The largest absolute Gasteiger partial charge is 0.547 e. The van der Waals surface area contributed by atoms with Gasteiger partial charge < -0.3 is 81.1 Å². The van der Waals surface area contributed by atoms with Crippen molar-refractivity contribution in [3.05, 3.63) is 0 Å². The number of carbonyl (C=O) groups is 2. The van der Waals surface area contributed by atoms with Gasteiger partial charge in [0.25, 0.3) is 0 Å². The van der Waals surface area contributed by atoms with Crippen molar-refractivity contribution in [1.29, 1.82) is 0 Å². The molecular weight excluding hydrogens is 464 g/mol. The van der Waals surface area contributed by atoms with Crippen molar-refractivity contribution in [3.8, 4) is 0 Å². The smallest absolute Gasteiger partial charge is 0.122 e. The average Bonchev–Trinajstić information content (AvgIpc) is 2.73. The van der Waals surface area contributed by atoms with Gasteiger partial charge in [-0.3, -0.25) is 0 Å². The van der Waals surface area contributed by atoms with Crippen LogP contribution in [0, 0.1) is 0 Å². The molecular formula is C14H26CaO16-2. The Morgan fingerprint density at radius 1 is 0.516 bits per heavy atom. The van der Waals surface area contributed by atoms with Crippen LogP contribution in [-0.2, 0) is 9.59 Å². The van der Waals surface area contributed by atoms with E-state index in [0.717, 1.165) is 0 Å². The maximum Gasteiger partial charge on any atom is 0.122 e. The van der Waals surface area contributed by atoms with E-state index in [1.165, 1.54) is 0 Å². The molecule has 0 spiro atoms. The summed E-state index contributed by atoms with van der Waals surface area (Å²) in [7, 11) is 0. The van der Waals surface area contributed by atoms with Crippen molar-refractivity contribution in [2.75, 3.05) is 13.2 Å². The van der Waals surface area contributed by atoms with Crippen LogP contribution in [0.3, 0.4) is 0 Å². The Bertz CT molecular complexity index is 465. The Kier molecular flexibility index (Phi) is 19.6. The quantitative estimate of drug-likeness (QED) is 0.113. The van der Waals surface area contributed by atoms with Crippen molar-refractivity contribution >= 4 is 49.7 Å². The first kappa shape index (κ1) is 35.3. The fourth-order valence-electron chi connectivity index (χ4n) is 1.73. The molecule has 0 aromatic heterocycles. The summed E-state index contributed by atoms with van der Waals surface area (Å²) < 4.78 is 0. The second-order valence-corrected chi connectivity index (χ2v) is 5.97. The van der Waals surface area contributed by atoms with Gasteiger partial charge in [0.1, 0.15) is 61.0 Å². The summed E-state index contributed by atoms with van der Waals surface area (Å²) >= 11 is 0. The van der Waals surface area contributed by atoms with Gasteiger partial charge in [-0.25, -0.2) is 0 Å². The van der Waals surface area contributed by atoms with E-state index in [0.29, 0.717) is 0 Å². The number of aliphatic carboxylic acids is 2. The van der Waals surface area contributed by atoms with Gasteiger partial charge in [-0.15, -0.1) is 0 Å². The summed E-state index contributed by atoms with van der Waals surface area (Å²) in [5, 5.41) is 126. The summed E-state index contributed by atoms with van der Waals surface area (Å²) in [5.41, 5.74) is 0. The summed E-state index contributed by atoms with van der Waals surface area (Å²) in [5.74, 6) is -4.07. The predicted molar refractivity (Wildman–Crippen MR) is 90.0 cm³/mol. The normalized spacial score (nSPS) is 20.8. The molecule has 16 nitrogen and oxygen atoms in total. The van der Waals surface area contributed by atoms with Crippen LogP contribution in [0.5, 0.6) is 0 Å². The third-order valence-corrected chi connectivity index (χ3v) is 3.69. The van der Waals surface area contributed by atoms with E-state index in [1.807, 2.05) is 0 Å².